The highest BCUT2D eigenvalue weighted by molar-refractivity contribution is 9.10. The highest BCUT2D eigenvalue weighted by Crippen LogP contribution is 2.39. The molecule has 1 unspecified atom stereocenters. The molecule has 3 aromatic heterocycles. The van der Waals surface area contributed by atoms with E-state index in [1.54, 1.807) is 24.9 Å². The number of amides is 1. The molecule has 0 saturated heterocycles. The molecule has 1 fully saturated rings. The molecular weight excluding hydrogens is 528 g/mol. The van der Waals surface area contributed by atoms with Crippen LogP contribution in [-0.2, 0) is 11.2 Å². The number of halogens is 1. The van der Waals surface area contributed by atoms with Crippen LogP contribution in [0.15, 0.2) is 39.5 Å². The number of anilines is 1. The zero-order valence-electron chi connectivity index (χ0n) is 20.2. The van der Waals surface area contributed by atoms with Crippen LogP contribution in [0.2, 0.25) is 0 Å². The minimum Gasteiger partial charge on any atom is -0.421 e. The van der Waals surface area contributed by atoms with Crippen LogP contribution < -0.4 is 10.6 Å². The fourth-order valence-electron chi connectivity index (χ4n) is 4.62. The standard InChI is InChI=1S/C24H27BrN8O3/c1-13(34)10-18-30-31-21(36-18)14-4-6-16(7-5-14)33-20-17(19(25)32-33)12-27-23(29-20)28-15-8-9-24(2,11-15)22(35)26-3/h4-7,12-13,15,34H,8-11H2,1-3H3,(H,26,35)(H,27,28,29)/t13?,15-,24-/m1/s1. The average molecular weight is 555 g/mol. The van der Waals surface area contributed by atoms with E-state index >= 15 is 0 Å². The van der Waals surface area contributed by atoms with Gasteiger partial charge in [0.05, 0.1) is 23.6 Å². The summed E-state index contributed by atoms with van der Waals surface area (Å²) in [6.45, 7) is 3.67. The predicted molar refractivity (Wildman–Crippen MR) is 136 cm³/mol. The molecule has 3 atom stereocenters. The molecule has 4 aromatic rings. The monoisotopic (exact) mass is 554 g/mol. The molecule has 11 nitrogen and oxygen atoms in total. The van der Waals surface area contributed by atoms with Crippen LogP contribution >= 0.6 is 15.9 Å². The molecule has 1 aromatic carbocycles. The second-order valence-corrected chi connectivity index (χ2v) is 10.2. The number of nitrogens with one attached hydrogen (secondary N) is 2. The second kappa shape index (κ2) is 9.58. The molecule has 1 aliphatic carbocycles. The Morgan fingerprint density at radius 2 is 2.11 bits per heavy atom. The number of hydrogen-bond donors (Lipinski definition) is 3. The summed E-state index contributed by atoms with van der Waals surface area (Å²) in [5.74, 6) is 1.34. The van der Waals surface area contributed by atoms with E-state index in [4.69, 9.17) is 9.40 Å². The summed E-state index contributed by atoms with van der Waals surface area (Å²) in [4.78, 5) is 21.5. The van der Waals surface area contributed by atoms with Crippen molar-refractivity contribution in [1.29, 1.82) is 0 Å². The molecule has 1 saturated carbocycles. The Morgan fingerprint density at radius 1 is 1.33 bits per heavy atom. The molecule has 0 bridgehead atoms. The minimum absolute atomic E-state index is 0.0633. The normalized spacial score (nSPS) is 20.5. The van der Waals surface area contributed by atoms with E-state index < -0.39 is 11.5 Å². The lowest BCUT2D eigenvalue weighted by molar-refractivity contribution is -0.129. The first-order chi connectivity index (χ1) is 17.3. The Morgan fingerprint density at radius 3 is 2.83 bits per heavy atom. The summed E-state index contributed by atoms with van der Waals surface area (Å²) in [5, 5.41) is 29.1. The first kappa shape index (κ1) is 24.3. The van der Waals surface area contributed by atoms with Crippen molar-refractivity contribution < 1.29 is 14.3 Å². The molecule has 1 aliphatic rings. The number of aromatic nitrogens is 6. The van der Waals surface area contributed by atoms with Crippen LogP contribution in [0.1, 0.15) is 39.0 Å². The molecule has 0 aliphatic heterocycles. The number of rotatable bonds is 7. The largest absolute Gasteiger partial charge is 0.421 e. The van der Waals surface area contributed by atoms with Gasteiger partial charge in [-0.1, -0.05) is 6.92 Å². The van der Waals surface area contributed by atoms with Gasteiger partial charge in [0.15, 0.2) is 5.65 Å². The molecule has 3 heterocycles. The van der Waals surface area contributed by atoms with Crippen molar-refractivity contribution in [2.24, 2.45) is 5.41 Å². The van der Waals surface area contributed by atoms with Gasteiger partial charge in [-0.25, -0.2) is 9.67 Å². The van der Waals surface area contributed by atoms with Crippen LogP contribution in [0.4, 0.5) is 5.95 Å². The Kier molecular flexibility index (Phi) is 6.47. The fourth-order valence-corrected chi connectivity index (χ4v) is 5.06. The average Bonchev–Trinajstić information content (AvgIpc) is 3.56. The van der Waals surface area contributed by atoms with Crippen LogP contribution in [-0.4, -0.2) is 60.2 Å². The first-order valence-corrected chi connectivity index (χ1v) is 12.6. The quantitative estimate of drug-likeness (QED) is 0.313. The number of benzene rings is 1. The van der Waals surface area contributed by atoms with E-state index in [0.717, 1.165) is 29.5 Å². The van der Waals surface area contributed by atoms with Gasteiger partial charge < -0.3 is 20.2 Å². The van der Waals surface area contributed by atoms with E-state index in [9.17, 15) is 9.90 Å². The van der Waals surface area contributed by atoms with Crippen molar-refractivity contribution in [3.8, 4) is 17.1 Å². The van der Waals surface area contributed by atoms with Crippen molar-refractivity contribution in [2.45, 2.75) is 51.7 Å². The van der Waals surface area contributed by atoms with Crippen molar-refractivity contribution >= 4 is 38.8 Å². The summed E-state index contributed by atoms with van der Waals surface area (Å²) >= 11 is 3.51. The smallest absolute Gasteiger partial charge is 0.247 e. The van der Waals surface area contributed by atoms with Gasteiger partial charge >= 0.3 is 0 Å². The van der Waals surface area contributed by atoms with E-state index in [0.29, 0.717) is 40.8 Å². The maximum Gasteiger partial charge on any atom is 0.247 e. The van der Waals surface area contributed by atoms with Gasteiger partial charge in [-0.2, -0.15) is 10.1 Å². The van der Waals surface area contributed by atoms with E-state index in [1.807, 2.05) is 31.2 Å². The summed E-state index contributed by atoms with van der Waals surface area (Å²) < 4.78 is 8.03. The topological polar surface area (TPSA) is 144 Å². The number of hydrogen-bond acceptors (Lipinski definition) is 9. The lowest BCUT2D eigenvalue weighted by atomic mass is 9.87. The first-order valence-electron chi connectivity index (χ1n) is 11.8. The molecule has 188 valence electrons. The second-order valence-electron chi connectivity index (χ2n) is 9.46. The number of aliphatic hydroxyl groups is 1. The number of aliphatic hydroxyl groups excluding tert-OH is 1. The molecule has 1 amide bonds. The van der Waals surface area contributed by atoms with Gasteiger partial charge in [-0.05, 0) is 66.4 Å². The molecular formula is C24H27BrN8O3. The molecule has 36 heavy (non-hydrogen) atoms. The summed E-state index contributed by atoms with van der Waals surface area (Å²) in [7, 11) is 1.67. The summed E-state index contributed by atoms with van der Waals surface area (Å²) in [6, 6.07) is 7.64. The van der Waals surface area contributed by atoms with Crippen LogP contribution in [0.5, 0.6) is 0 Å². The van der Waals surface area contributed by atoms with Crippen molar-refractivity contribution in [2.75, 3.05) is 12.4 Å². The van der Waals surface area contributed by atoms with Crippen molar-refractivity contribution in [3.63, 3.8) is 0 Å². The van der Waals surface area contributed by atoms with E-state index in [-0.39, 0.29) is 11.9 Å². The minimum atomic E-state index is -0.553. The van der Waals surface area contributed by atoms with Gasteiger partial charge in [0.2, 0.25) is 23.6 Å². The Hall–Kier alpha value is -3.38. The van der Waals surface area contributed by atoms with Gasteiger partial charge in [-0.15, -0.1) is 10.2 Å². The maximum atomic E-state index is 12.3. The van der Waals surface area contributed by atoms with Crippen LogP contribution in [0.3, 0.4) is 0 Å². The number of carbonyl (C=O) groups excluding carboxylic acids is 1. The van der Waals surface area contributed by atoms with Gasteiger partial charge in [0.1, 0.15) is 4.60 Å². The number of carbonyl (C=O) groups is 1. The number of nitrogens with zero attached hydrogens (tertiary/aromatic N) is 6. The third kappa shape index (κ3) is 4.70. The Bertz CT molecular complexity index is 1400. The SMILES string of the molecule is CNC(=O)[C@]1(C)CC[C@@H](Nc2ncc3c(Br)nn(-c4ccc(-c5nnc(CC(C)O)o5)cc4)c3n2)C1. The van der Waals surface area contributed by atoms with E-state index in [2.05, 4.69) is 46.8 Å². The lowest BCUT2D eigenvalue weighted by Crippen LogP contribution is -2.35. The number of fused-ring (bicyclic) bond motifs is 1. The summed E-state index contributed by atoms with van der Waals surface area (Å²) in [5.41, 5.74) is 1.82. The zero-order valence-corrected chi connectivity index (χ0v) is 21.8. The van der Waals surface area contributed by atoms with E-state index in [1.165, 1.54) is 0 Å². The molecule has 0 radical (unpaired) electrons. The maximum absolute atomic E-state index is 12.3. The zero-order chi connectivity index (χ0) is 25.4. The van der Waals surface area contributed by atoms with Crippen molar-refractivity contribution in [3.05, 3.63) is 41.0 Å². The predicted octanol–water partition coefficient (Wildman–Crippen LogP) is 3.27. The highest BCUT2D eigenvalue weighted by atomic mass is 79.9. The van der Waals surface area contributed by atoms with Crippen molar-refractivity contribution in [1.82, 2.24) is 35.3 Å². The van der Waals surface area contributed by atoms with Gasteiger partial charge in [-0.3, -0.25) is 4.79 Å². The third-order valence-electron chi connectivity index (χ3n) is 6.52. The van der Waals surface area contributed by atoms with Gasteiger partial charge in [0.25, 0.3) is 0 Å². The summed E-state index contributed by atoms with van der Waals surface area (Å²) in [6.07, 6.45) is 3.88. The lowest BCUT2D eigenvalue weighted by Gasteiger charge is -2.22. The van der Waals surface area contributed by atoms with Crippen LogP contribution in [0.25, 0.3) is 28.2 Å². The molecule has 12 heteroatoms. The molecule has 0 spiro atoms. The Labute approximate surface area is 215 Å². The fraction of sp³-hybridized carbons (Fsp3) is 0.417. The molecule has 5 rings (SSSR count). The Balaban J connectivity index is 1.38. The molecule has 3 N–H and O–H groups in total. The highest BCUT2D eigenvalue weighted by Gasteiger charge is 2.41. The van der Waals surface area contributed by atoms with Gasteiger partial charge in [0, 0.05) is 30.3 Å². The van der Waals surface area contributed by atoms with Crippen LogP contribution in [0, 0.1) is 5.41 Å². The third-order valence-corrected chi connectivity index (χ3v) is 7.11.